The summed E-state index contributed by atoms with van der Waals surface area (Å²) in [5, 5.41) is 7.69. The number of nitrogens with zero attached hydrogens (tertiary/aromatic N) is 4. The number of carbonyl (C=O) groups is 2. The summed E-state index contributed by atoms with van der Waals surface area (Å²) in [7, 11) is -1.95. The van der Waals surface area contributed by atoms with Gasteiger partial charge in [-0.1, -0.05) is 20.8 Å². The Hall–Kier alpha value is -2.67. The van der Waals surface area contributed by atoms with Crippen LogP contribution in [-0.4, -0.2) is 76.2 Å². The van der Waals surface area contributed by atoms with Crippen molar-refractivity contribution in [3.8, 4) is 0 Å². The molecule has 4 rings (SSSR count). The molecule has 2 aromatic rings. The third kappa shape index (κ3) is 6.62. The van der Waals surface area contributed by atoms with Crippen LogP contribution < -0.4 is 5.32 Å². The number of anilines is 1. The van der Waals surface area contributed by atoms with E-state index < -0.39 is 31.6 Å². The fourth-order valence-corrected chi connectivity index (χ4v) is 5.77. The van der Waals surface area contributed by atoms with Gasteiger partial charge in [-0.2, -0.15) is 9.78 Å². The monoisotopic (exact) mass is 573 g/mol. The molecule has 0 amide bonds. The summed E-state index contributed by atoms with van der Waals surface area (Å²) < 4.78 is 25.6. The van der Waals surface area contributed by atoms with E-state index >= 15 is 0 Å². The first-order chi connectivity index (χ1) is 18.4. The van der Waals surface area contributed by atoms with Gasteiger partial charge in [0.25, 0.3) is 0 Å². The lowest BCUT2D eigenvalue weighted by Crippen LogP contribution is -2.43. The SMILES string of the molecule is CC(C)(C)OC(=O)n1ccc(C(=O)c2cncnc2N[C@@H]2C[C@H](CO[Si](C)(C)C(C)(C)C)[C@H]3OC(C)(C)O[C@H]32)n1. The maximum absolute atomic E-state index is 13.4. The number of nitrogens with one attached hydrogen (secondary N) is 1. The van der Waals surface area contributed by atoms with Gasteiger partial charge in [0.05, 0.1) is 17.7 Å². The van der Waals surface area contributed by atoms with Gasteiger partial charge in [-0.3, -0.25) is 4.79 Å². The average molecular weight is 574 g/mol. The molecule has 11 nitrogen and oxygen atoms in total. The van der Waals surface area contributed by atoms with Gasteiger partial charge < -0.3 is 24.0 Å². The number of ketones is 1. The van der Waals surface area contributed by atoms with Crippen molar-refractivity contribution in [3.63, 3.8) is 0 Å². The van der Waals surface area contributed by atoms with Crippen LogP contribution in [0.2, 0.25) is 18.1 Å². The number of rotatable bonds is 7. The van der Waals surface area contributed by atoms with Gasteiger partial charge in [0.1, 0.15) is 29.5 Å². The molecule has 1 aliphatic carbocycles. The minimum absolute atomic E-state index is 0.0789. The van der Waals surface area contributed by atoms with Crippen molar-refractivity contribution in [3.05, 3.63) is 36.0 Å². The van der Waals surface area contributed by atoms with E-state index in [-0.39, 0.29) is 40.5 Å². The zero-order valence-electron chi connectivity index (χ0n) is 25.3. The molecule has 1 aliphatic heterocycles. The minimum atomic E-state index is -1.95. The zero-order valence-corrected chi connectivity index (χ0v) is 26.3. The third-order valence-electron chi connectivity index (χ3n) is 7.73. The first-order valence-corrected chi connectivity index (χ1v) is 16.7. The number of fused-ring (bicyclic) bond motifs is 1. The molecule has 40 heavy (non-hydrogen) atoms. The molecule has 2 aromatic heterocycles. The summed E-state index contributed by atoms with van der Waals surface area (Å²) in [6.45, 7) is 20.8. The molecule has 12 heteroatoms. The zero-order chi connectivity index (χ0) is 29.7. The van der Waals surface area contributed by atoms with Crippen LogP contribution in [0, 0.1) is 5.92 Å². The average Bonchev–Trinajstić information content (AvgIpc) is 3.50. The Morgan fingerprint density at radius 2 is 1.82 bits per heavy atom. The van der Waals surface area contributed by atoms with Gasteiger partial charge in [-0.25, -0.2) is 14.8 Å². The van der Waals surface area contributed by atoms with E-state index in [0.29, 0.717) is 12.4 Å². The van der Waals surface area contributed by atoms with E-state index in [4.69, 9.17) is 18.6 Å². The van der Waals surface area contributed by atoms with Crippen molar-refractivity contribution in [1.29, 1.82) is 0 Å². The summed E-state index contributed by atoms with van der Waals surface area (Å²) in [5.41, 5.74) is -0.367. The molecule has 0 spiro atoms. The normalized spacial score (nSPS) is 24.6. The summed E-state index contributed by atoms with van der Waals surface area (Å²) in [4.78, 5) is 34.3. The van der Waals surface area contributed by atoms with Crippen LogP contribution in [-0.2, 0) is 18.6 Å². The van der Waals surface area contributed by atoms with Crippen molar-refractivity contribution in [2.75, 3.05) is 11.9 Å². The van der Waals surface area contributed by atoms with Gasteiger partial charge in [0, 0.05) is 24.9 Å². The lowest BCUT2D eigenvalue weighted by atomic mass is 10.1. The molecule has 2 aliphatic rings. The van der Waals surface area contributed by atoms with Gasteiger partial charge in [-0.15, -0.1) is 0 Å². The summed E-state index contributed by atoms with van der Waals surface area (Å²) in [5.74, 6) is -0.663. The van der Waals surface area contributed by atoms with Crippen LogP contribution in [0.1, 0.15) is 77.9 Å². The van der Waals surface area contributed by atoms with E-state index in [1.54, 1.807) is 20.8 Å². The Labute approximate surface area is 237 Å². The Bertz CT molecular complexity index is 1250. The Morgan fingerprint density at radius 3 is 2.48 bits per heavy atom. The molecule has 0 aromatic carbocycles. The Balaban J connectivity index is 1.52. The van der Waals surface area contributed by atoms with Crippen molar-refractivity contribution in [2.45, 2.75) is 110 Å². The molecule has 4 atom stereocenters. The summed E-state index contributed by atoms with van der Waals surface area (Å²) in [6.07, 6.45) is 3.90. The van der Waals surface area contributed by atoms with Crippen LogP contribution in [0.3, 0.4) is 0 Å². The molecular formula is C28H43N5O6Si. The van der Waals surface area contributed by atoms with Gasteiger partial charge in [-0.05, 0) is 65.2 Å². The lowest BCUT2D eigenvalue weighted by molar-refractivity contribution is -0.158. The minimum Gasteiger partial charge on any atom is -0.442 e. The topological polar surface area (TPSA) is 127 Å². The highest BCUT2D eigenvalue weighted by Gasteiger charge is 2.54. The van der Waals surface area contributed by atoms with Crippen molar-refractivity contribution < 1.29 is 28.2 Å². The van der Waals surface area contributed by atoms with E-state index in [0.717, 1.165) is 11.1 Å². The third-order valence-corrected chi connectivity index (χ3v) is 12.2. The van der Waals surface area contributed by atoms with Crippen molar-refractivity contribution >= 4 is 26.0 Å². The molecular weight excluding hydrogens is 530 g/mol. The fourth-order valence-electron chi connectivity index (χ4n) is 4.70. The predicted octanol–water partition coefficient (Wildman–Crippen LogP) is 5.03. The molecule has 2 fully saturated rings. The molecule has 1 saturated heterocycles. The second-order valence-corrected chi connectivity index (χ2v) is 18.4. The number of hydrogen-bond acceptors (Lipinski definition) is 10. The largest absolute Gasteiger partial charge is 0.442 e. The number of hydrogen-bond donors (Lipinski definition) is 1. The lowest BCUT2D eigenvalue weighted by Gasteiger charge is -2.37. The van der Waals surface area contributed by atoms with Crippen molar-refractivity contribution in [1.82, 2.24) is 19.7 Å². The van der Waals surface area contributed by atoms with Crippen LogP contribution >= 0.6 is 0 Å². The Morgan fingerprint density at radius 1 is 1.15 bits per heavy atom. The van der Waals surface area contributed by atoms with Crippen LogP contribution in [0.15, 0.2) is 24.8 Å². The van der Waals surface area contributed by atoms with Crippen molar-refractivity contribution in [2.24, 2.45) is 5.92 Å². The number of carbonyl (C=O) groups excluding carboxylic acids is 2. The molecule has 220 valence electrons. The highest BCUT2D eigenvalue weighted by Crippen LogP contribution is 2.44. The highest BCUT2D eigenvalue weighted by molar-refractivity contribution is 6.74. The first kappa shape index (κ1) is 30.3. The Kier molecular flexibility index (Phi) is 8.04. The molecule has 1 saturated carbocycles. The summed E-state index contributed by atoms with van der Waals surface area (Å²) >= 11 is 0. The fraction of sp³-hybridized carbons (Fsp3) is 0.679. The molecule has 0 unspecified atom stereocenters. The van der Waals surface area contributed by atoms with E-state index in [1.165, 1.54) is 24.8 Å². The van der Waals surface area contributed by atoms with Gasteiger partial charge in [0.15, 0.2) is 14.1 Å². The maximum Gasteiger partial charge on any atom is 0.435 e. The maximum atomic E-state index is 13.4. The van der Waals surface area contributed by atoms with Gasteiger partial charge in [0.2, 0.25) is 5.78 Å². The summed E-state index contributed by atoms with van der Waals surface area (Å²) in [6, 6.07) is 1.31. The smallest absolute Gasteiger partial charge is 0.435 e. The van der Waals surface area contributed by atoms with E-state index in [1.807, 2.05) is 13.8 Å². The van der Waals surface area contributed by atoms with E-state index in [9.17, 15) is 9.59 Å². The van der Waals surface area contributed by atoms with Crippen LogP contribution in [0.25, 0.3) is 0 Å². The number of aromatic nitrogens is 4. The molecule has 0 radical (unpaired) electrons. The highest BCUT2D eigenvalue weighted by atomic mass is 28.4. The van der Waals surface area contributed by atoms with Crippen LogP contribution in [0.5, 0.6) is 0 Å². The quantitative estimate of drug-likeness (QED) is 0.356. The second-order valence-electron chi connectivity index (χ2n) is 13.6. The molecule has 0 bridgehead atoms. The second kappa shape index (κ2) is 10.6. The molecule has 3 heterocycles. The van der Waals surface area contributed by atoms with E-state index in [2.05, 4.69) is 54.2 Å². The number of ether oxygens (including phenoxy) is 3. The van der Waals surface area contributed by atoms with Gasteiger partial charge >= 0.3 is 6.09 Å². The first-order valence-electron chi connectivity index (χ1n) is 13.8. The van der Waals surface area contributed by atoms with Crippen LogP contribution in [0.4, 0.5) is 10.6 Å². The predicted molar refractivity (Wildman–Crippen MR) is 152 cm³/mol. The standard InChI is InChI=1S/C28H43N5O6Si/c1-26(2,3)39-25(35)33-12-11-19(32-33)21(34)18-14-29-16-30-24(18)31-20-13-17(15-36-40(9,10)27(4,5)6)22-23(20)38-28(7,8)37-22/h11-12,14,16-17,20,22-23H,13,15H2,1-10H3,(H,29,30,31)/t17-,20-,22-,23+/m1/s1. The molecule has 1 N–H and O–H groups in total.